The highest BCUT2D eigenvalue weighted by molar-refractivity contribution is 5.85. The van der Waals surface area contributed by atoms with Crippen LogP contribution in [0.15, 0.2) is 12.2 Å². The second kappa shape index (κ2) is 12.2. The molecule has 0 bridgehead atoms. The molecule has 0 aromatic carbocycles. The Kier molecular flexibility index (Phi) is 13.4. The molecule has 5 heteroatoms. The predicted octanol–water partition coefficient (Wildman–Crippen LogP) is 1.62. The third-order valence-corrected chi connectivity index (χ3v) is 1.80. The van der Waals surface area contributed by atoms with Crippen molar-refractivity contribution in [3.05, 3.63) is 12.2 Å². The van der Waals surface area contributed by atoms with Crippen LogP contribution >= 0.6 is 12.4 Å². The van der Waals surface area contributed by atoms with Gasteiger partial charge in [0.1, 0.15) is 12.4 Å². The molecule has 4 nitrogen and oxygen atoms in total. The first-order valence-electron chi connectivity index (χ1n) is 5.23. The number of halogens is 1. The maximum atomic E-state index is 11.0. The van der Waals surface area contributed by atoms with Gasteiger partial charge < -0.3 is 10.5 Å². The van der Waals surface area contributed by atoms with E-state index in [2.05, 4.69) is 6.92 Å². The van der Waals surface area contributed by atoms with E-state index in [1.807, 2.05) is 12.2 Å². The Hall–Kier alpha value is -0.870. The zero-order chi connectivity index (χ0) is 11.5. The molecule has 0 aromatic rings. The van der Waals surface area contributed by atoms with Gasteiger partial charge in [-0.2, -0.15) is 0 Å². The van der Waals surface area contributed by atoms with Crippen molar-refractivity contribution in [3.8, 4) is 0 Å². The molecule has 2 N–H and O–H groups in total. The Morgan fingerprint density at radius 3 is 2.50 bits per heavy atom. The number of nitrogens with two attached hydrogens (primary N) is 1. The second-order valence-corrected chi connectivity index (χ2v) is 3.19. The number of allylic oxidation sites excluding steroid dienone is 1. The van der Waals surface area contributed by atoms with E-state index in [4.69, 9.17) is 10.5 Å². The summed E-state index contributed by atoms with van der Waals surface area (Å²) in [5.74, 6) is -0.466. The first-order chi connectivity index (χ1) is 7.20. The van der Waals surface area contributed by atoms with Gasteiger partial charge >= 0.3 is 5.97 Å². The largest absolute Gasteiger partial charge is 0.461 e. The lowest BCUT2D eigenvalue weighted by atomic mass is 10.2. The van der Waals surface area contributed by atoms with Gasteiger partial charge in [0.05, 0.1) is 13.0 Å². The maximum Gasteiger partial charge on any atom is 0.306 e. The van der Waals surface area contributed by atoms with Gasteiger partial charge in [-0.25, -0.2) is 0 Å². The first-order valence-corrected chi connectivity index (χ1v) is 5.23. The molecule has 0 amide bonds. The minimum Gasteiger partial charge on any atom is -0.461 e. The van der Waals surface area contributed by atoms with E-state index < -0.39 is 0 Å². The smallest absolute Gasteiger partial charge is 0.306 e. The van der Waals surface area contributed by atoms with E-state index in [1.165, 1.54) is 0 Å². The zero-order valence-corrected chi connectivity index (χ0v) is 10.4. The fourth-order valence-corrected chi connectivity index (χ4v) is 0.909. The molecular formula is C11H20ClNO3. The van der Waals surface area contributed by atoms with Gasteiger partial charge in [-0.05, 0) is 6.42 Å². The number of carbonyl (C=O) groups is 2. The van der Waals surface area contributed by atoms with Crippen LogP contribution in [-0.4, -0.2) is 24.9 Å². The van der Waals surface area contributed by atoms with Crippen LogP contribution < -0.4 is 5.73 Å². The molecule has 0 heterocycles. The molecule has 94 valence electrons. The topological polar surface area (TPSA) is 69.4 Å². The van der Waals surface area contributed by atoms with Gasteiger partial charge in [0.2, 0.25) is 0 Å². The number of carbonyl (C=O) groups excluding carboxylic acids is 2. The third-order valence-electron chi connectivity index (χ3n) is 1.80. The number of unbranched alkanes of at least 4 members (excludes halogenated alkanes) is 1. The van der Waals surface area contributed by atoms with Crippen LogP contribution in [0.2, 0.25) is 0 Å². The predicted molar refractivity (Wildman–Crippen MR) is 65.6 cm³/mol. The average molecular weight is 250 g/mol. The third kappa shape index (κ3) is 11.2. The lowest BCUT2D eigenvalue weighted by Gasteiger charge is -2.00. The van der Waals surface area contributed by atoms with Crippen molar-refractivity contribution < 1.29 is 14.3 Å². The van der Waals surface area contributed by atoms with E-state index in [0.29, 0.717) is 0 Å². The monoisotopic (exact) mass is 249 g/mol. The Morgan fingerprint density at radius 1 is 1.25 bits per heavy atom. The standard InChI is InChI=1S/C11H19NO3.ClH/c1-2-3-4-5-8-15-11(14)7-6-10(13)9-12;/h4-5H,2-3,6-9,12H2,1H3;1H/b5-4+;. The van der Waals surface area contributed by atoms with Crippen molar-refractivity contribution >= 4 is 24.2 Å². The molecular weight excluding hydrogens is 230 g/mol. The molecule has 0 aromatic heterocycles. The zero-order valence-electron chi connectivity index (χ0n) is 9.61. The molecule has 0 atom stereocenters. The van der Waals surface area contributed by atoms with E-state index in [9.17, 15) is 9.59 Å². The molecule has 0 unspecified atom stereocenters. The molecule has 0 aliphatic heterocycles. The number of ether oxygens (including phenoxy) is 1. The minimum absolute atomic E-state index is 0. The van der Waals surface area contributed by atoms with E-state index in [1.54, 1.807) is 0 Å². The number of hydrogen-bond acceptors (Lipinski definition) is 4. The van der Waals surface area contributed by atoms with E-state index in [0.717, 1.165) is 12.8 Å². The van der Waals surface area contributed by atoms with Gasteiger partial charge in [-0.15, -0.1) is 12.4 Å². The Bertz CT molecular complexity index is 229. The molecule has 0 aliphatic carbocycles. The van der Waals surface area contributed by atoms with Crippen LogP contribution in [0.4, 0.5) is 0 Å². The summed E-state index contributed by atoms with van der Waals surface area (Å²) in [6.07, 6.45) is 6.15. The van der Waals surface area contributed by atoms with Crippen LogP contribution in [-0.2, 0) is 14.3 Å². The van der Waals surface area contributed by atoms with Crippen LogP contribution in [0, 0.1) is 0 Å². The number of Topliss-reactive ketones (excluding diaryl/α,β-unsaturated/α-hetero) is 1. The summed E-state index contributed by atoms with van der Waals surface area (Å²) < 4.78 is 4.86. The fourth-order valence-electron chi connectivity index (χ4n) is 0.909. The first kappa shape index (κ1) is 17.5. The van der Waals surface area contributed by atoms with Crippen LogP contribution in [0.5, 0.6) is 0 Å². The Labute approximate surface area is 103 Å². The molecule has 16 heavy (non-hydrogen) atoms. The van der Waals surface area contributed by atoms with Gasteiger partial charge in [-0.3, -0.25) is 9.59 Å². The van der Waals surface area contributed by atoms with Gasteiger partial charge in [0.15, 0.2) is 0 Å². The quantitative estimate of drug-likeness (QED) is 0.524. The second-order valence-electron chi connectivity index (χ2n) is 3.19. The fraction of sp³-hybridized carbons (Fsp3) is 0.636. The van der Waals surface area contributed by atoms with Crippen molar-refractivity contribution in [1.82, 2.24) is 0 Å². The lowest BCUT2D eigenvalue weighted by molar-refractivity contribution is -0.143. The SMILES string of the molecule is CCC/C=C/COC(=O)CCC(=O)CN.Cl. The van der Waals surface area contributed by atoms with Crippen LogP contribution in [0.1, 0.15) is 32.6 Å². The summed E-state index contributed by atoms with van der Waals surface area (Å²) >= 11 is 0. The van der Waals surface area contributed by atoms with Crippen molar-refractivity contribution in [3.63, 3.8) is 0 Å². The van der Waals surface area contributed by atoms with E-state index >= 15 is 0 Å². The number of hydrogen-bond donors (Lipinski definition) is 1. The summed E-state index contributed by atoms with van der Waals surface area (Å²) in [6.45, 7) is 2.36. The summed E-state index contributed by atoms with van der Waals surface area (Å²) in [6, 6.07) is 0. The molecule has 0 aliphatic rings. The number of ketones is 1. The molecule has 0 fully saturated rings. The van der Waals surface area contributed by atoms with Gasteiger partial charge in [0.25, 0.3) is 0 Å². The highest BCUT2D eigenvalue weighted by Crippen LogP contribution is 1.95. The van der Waals surface area contributed by atoms with Crippen molar-refractivity contribution in [1.29, 1.82) is 0 Å². The Balaban J connectivity index is 0. The summed E-state index contributed by atoms with van der Waals surface area (Å²) in [5.41, 5.74) is 5.10. The van der Waals surface area contributed by atoms with Gasteiger partial charge in [0, 0.05) is 6.42 Å². The molecule has 0 radical (unpaired) electrons. The molecule has 0 saturated heterocycles. The number of esters is 1. The van der Waals surface area contributed by atoms with E-state index in [-0.39, 0.29) is 50.2 Å². The minimum atomic E-state index is -0.349. The van der Waals surface area contributed by atoms with Crippen LogP contribution in [0.25, 0.3) is 0 Å². The van der Waals surface area contributed by atoms with Crippen LogP contribution in [0.3, 0.4) is 0 Å². The summed E-state index contributed by atoms with van der Waals surface area (Å²) in [7, 11) is 0. The maximum absolute atomic E-state index is 11.0. The van der Waals surface area contributed by atoms with Crippen molar-refractivity contribution in [2.24, 2.45) is 5.73 Å². The highest BCUT2D eigenvalue weighted by atomic mass is 35.5. The van der Waals surface area contributed by atoms with Gasteiger partial charge in [-0.1, -0.05) is 25.5 Å². The highest BCUT2D eigenvalue weighted by Gasteiger charge is 2.05. The Morgan fingerprint density at radius 2 is 1.94 bits per heavy atom. The molecule has 0 spiro atoms. The summed E-state index contributed by atoms with van der Waals surface area (Å²) in [4.78, 5) is 21.8. The lowest BCUT2D eigenvalue weighted by Crippen LogP contribution is -2.15. The molecule has 0 rings (SSSR count). The normalized spacial score (nSPS) is 9.88. The van der Waals surface area contributed by atoms with Crippen molar-refractivity contribution in [2.75, 3.05) is 13.2 Å². The molecule has 0 saturated carbocycles. The summed E-state index contributed by atoms with van der Waals surface area (Å²) in [5, 5.41) is 0. The number of rotatable bonds is 8. The average Bonchev–Trinajstić information content (AvgIpc) is 2.25. The van der Waals surface area contributed by atoms with Crippen molar-refractivity contribution in [2.45, 2.75) is 32.6 Å².